The Morgan fingerprint density at radius 2 is 1.48 bits per heavy atom. The Bertz CT molecular complexity index is 781. The van der Waals surface area contributed by atoms with Gasteiger partial charge in [-0.25, -0.2) is 13.2 Å². The summed E-state index contributed by atoms with van der Waals surface area (Å²) in [6.45, 7) is 8.05. The molecule has 0 saturated carbocycles. The predicted molar refractivity (Wildman–Crippen MR) is 127 cm³/mol. The van der Waals surface area contributed by atoms with E-state index in [1.54, 1.807) is 30.5 Å². The first-order valence-corrected chi connectivity index (χ1v) is 13.0. The third kappa shape index (κ3) is 10.2. The molecule has 0 amide bonds. The summed E-state index contributed by atoms with van der Waals surface area (Å²) in [5.74, 6) is -0.795. The maximum absolute atomic E-state index is 13.0. The van der Waals surface area contributed by atoms with E-state index in [-0.39, 0.29) is 16.4 Å². The first-order valence-electron chi connectivity index (χ1n) is 11.6. The number of hydrogen-bond acceptors (Lipinski definition) is 5. The normalized spacial score (nSPS) is 12.3. The van der Waals surface area contributed by atoms with Gasteiger partial charge in [-0.3, -0.25) is 0 Å². The van der Waals surface area contributed by atoms with Crippen LogP contribution in [0.2, 0.25) is 0 Å². The number of carbonyl (C=O) groups is 1. The average Bonchev–Trinajstić information content (AvgIpc) is 2.78. The Labute approximate surface area is 189 Å². The molecular formula is C25H39NO4S. The van der Waals surface area contributed by atoms with E-state index >= 15 is 0 Å². The lowest BCUT2D eigenvalue weighted by atomic mass is 10.1. The molecule has 0 spiro atoms. The van der Waals surface area contributed by atoms with Crippen LogP contribution in [0.4, 0.5) is 0 Å². The van der Waals surface area contributed by atoms with E-state index < -0.39 is 15.8 Å². The molecule has 0 aliphatic rings. The predicted octanol–water partition coefficient (Wildman–Crippen LogP) is 5.88. The molecule has 6 heteroatoms. The van der Waals surface area contributed by atoms with Gasteiger partial charge >= 0.3 is 5.97 Å². The summed E-state index contributed by atoms with van der Waals surface area (Å²) in [5, 5.41) is 0. The maximum Gasteiger partial charge on any atom is 0.350 e. The Hall–Kier alpha value is -2.08. The monoisotopic (exact) mass is 449 g/mol. The minimum Gasteiger partial charge on any atom is -0.462 e. The fourth-order valence-electron chi connectivity index (χ4n) is 3.15. The van der Waals surface area contributed by atoms with Crippen LogP contribution in [0.1, 0.15) is 72.1 Å². The average molecular weight is 450 g/mol. The molecule has 1 aromatic rings. The number of benzene rings is 1. The second kappa shape index (κ2) is 15.7. The second-order valence-electron chi connectivity index (χ2n) is 7.52. The Balaban J connectivity index is 2.75. The van der Waals surface area contributed by atoms with E-state index in [1.165, 1.54) is 50.3 Å². The van der Waals surface area contributed by atoms with Crippen molar-refractivity contribution < 1.29 is 17.9 Å². The number of rotatable bonds is 16. The lowest BCUT2D eigenvalue weighted by molar-refractivity contribution is -0.138. The van der Waals surface area contributed by atoms with Crippen LogP contribution in [0.25, 0.3) is 0 Å². The summed E-state index contributed by atoms with van der Waals surface area (Å²) >= 11 is 0. The number of allylic oxidation sites excluding steroid dienone is 2. The van der Waals surface area contributed by atoms with Gasteiger partial charge in [0.2, 0.25) is 9.84 Å². The van der Waals surface area contributed by atoms with Crippen LogP contribution >= 0.6 is 0 Å². The molecule has 0 bridgehead atoms. The van der Waals surface area contributed by atoms with Gasteiger partial charge in [-0.2, -0.15) is 0 Å². The number of hydrogen-bond donors (Lipinski definition) is 0. The van der Waals surface area contributed by atoms with Gasteiger partial charge in [0.25, 0.3) is 0 Å². The Morgan fingerprint density at radius 1 is 0.903 bits per heavy atom. The molecule has 1 rings (SSSR count). The van der Waals surface area contributed by atoms with E-state index in [0.29, 0.717) is 0 Å². The summed E-state index contributed by atoms with van der Waals surface area (Å²) in [6, 6.07) is 8.00. The maximum atomic E-state index is 13.0. The quantitative estimate of drug-likeness (QED) is 0.136. The summed E-state index contributed by atoms with van der Waals surface area (Å²) in [5.41, 5.74) is 0. The molecule has 0 aromatic heterocycles. The first-order chi connectivity index (χ1) is 15.0. The standard InChI is InChI=1S/C25H39NO4S/c1-4-7-8-9-10-11-12-16-22-30-25(27)24(20-17-21-26(5-2)6-3)31(28,29)23-18-14-13-15-19-23/h13-15,17-21H,4-12,16,22H2,1-3H3. The molecule has 0 fully saturated rings. The highest BCUT2D eigenvalue weighted by molar-refractivity contribution is 7.96. The number of unbranched alkanes of at least 4 members (excludes halogenated alkanes) is 7. The third-order valence-electron chi connectivity index (χ3n) is 5.13. The first kappa shape index (κ1) is 27.0. The van der Waals surface area contributed by atoms with Gasteiger partial charge in [0.15, 0.2) is 4.91 Å². The van der Waals surface area contributed by atoms with Crippen LogP contribution in [0.3, 0.4) is 0 Å². The minimum atomic E-state index is -3.96. The van der Waals surface area contributed by atoms with E-state index in [0.717, 1.165) is 32.4 Å². The minimum absolute atomic E-state index is 0.0847. The van der Waals surface area contributed by atoms with Gasteiger partial charge < -0.3 is 9.64 Å². The van der Waals surface area contributed by atoms with E-state index in [4.69, 9.17) is 4.74 Å². The molecule has 31 heavy (non-hydrogen) atoms. The van der Waals surface area contributed by atoms with Crippen molar-refractivity contribution in [1.29, 1.82) is 0 Å². The molecule has 0 radical (unpaired) electrons. The summed E-state index contributed by atoms with van der Waals surface area (Å²) in [4.78, 5) is 14.4. The fourth-order valence-corrected chi connectivity index (χ4v) is 4.46. The SMILES string of the molecule is CCCCCCCCCCOC(=O)C(=CC=CN(CC)CC)S(=O)(=O)c1ccccc1. The van der Waals surface area contributed by atoms with Gasteiger partial charge in [-0.05, 0) is 50.8 Å². The highest BCUT2D eigenvalue weighted by atomic mass is 32.2. The number of ether oxygens (including phenoxy) is 1. The van der Waals surface area contributed by atoms with Crippen molar-refractivity contribution in [3.05, 3.63) is 53.6 Å². The smallest absolute Gasteiger partial charge is 0.350 e. The topological polar surface area (TPSA) is 63.7 Å². The van der Waals surface area contributed by atoms with E-state index in [2.05, 4.69) is 6.92 Å². The lowest BCUT2D eigenvalue weighted by Crippen LogP contribution is -2.18. The van der Waals surface area contributed by atoms with Crippen LogP contribution in [0.5, 0.6) is 0 Å². The highest BCUT2D eigenvalue weighted by Gasteiger charge is 2.27. The van der Waals surface area contributed by atoms with Crippen LogP contribution in [-0.2, 0) is 19.4 Å². The second-order valence-corrected chi connectivity index (χ2v) is 9.44. The van der Waals surface area contributed by atoms with Gasteiger partial charge in [0.05, 0.1) is 11.5 Å². The molecular weight excluding hydrogens is 410 g/mol. The molecule has 0 N–H and O–H groups in total. The molecule has 0 aliphatic carbocycles. The van der Waals surface area contributed by atoms with Crippen molar-refractivity contribution in [2.75, 3.05) is 19.7 Å². The largest absolute Gasteiger partial charge is 0.462 e. The molecule has 0 unspecified atom stereocenters. The zero-order valence-electron chi connectivity index (χ0n) is 19.4. The summed E-state index contributed by atoms with van der Waals surface area (Å²) in [6.07, 6.45) is 13.8. The van der Waals surface area contributed by atoms with Crippen molar-refractivity contribution in [2.24, 2.45) is 0 Å². The third-order valence-corrected chi connectivity index (χ3v) is 6.91. The number of esters is 1. The summed E-state index contributed by atoms with van der Waals surface area (Å²) in [7, 11) is -3.96. The number of nitrogens with zero attached hydrogens (tertiary/aromatic N) is 1. The Kier molecular flexibility index (Phi) is 13.6. The van der Waals surface area contributed by atoms with Gasteiger partial charge in [0.1, 0.15) is 0 Å². The van der Waals surface area contributed by atoms with Gasteiger partial charge in [0, 0.05) is 13.1 Å². The lowest BCUT2D eigenvalue weighted by Gasteiger charge is -2.14. The highest BCUT2D eigenvalue weighted by Crippen LogP contribution is 2.21. The molecule has 0 atom stereocenters. The van der Waals surface area contributed by atoms with Crippen molar-refractivity contribution in [2.45, 2.75) is 77.0 Å². The zero-order valence-corrected chi connectivity index (χ0v) is 20.2. The van der Waals surface area contributed by atoms with Gasteiger partial charge in [-0.1, -0.05) is 70.1 Å². The van der Waals surface area contributed by atoms with Crippen molar-refractivity contribution in [1.82, 2.24) is 4.90 Å². The molecule has 1 aromatic carbocycles. The molecule has 5 nitrogen and oxygen atoms in total. The summed E-state index contributed by atoms with van der Waals surface area (Å²) < 4.78 is 31.4. The fraction of sp³-hybridized carbons (Fsp3) is 0.560. The molecule has 0 aliphatic heterocycles. The number of sulfone groups is 1. The molecule has 0 saturated heterocycles. The van der Waals surface area contributed by atoms with Crippen molar-refractivity contribution in [3.63, 3.8) is 0 Å². The number of carbonyl (C=O) groups excluding carboxylic acids is 1. The van der Waals surface area contributed by atoms with E-state index in [1.807, 2.05) is 18.7 Å². The van der Waals surface area contributed by atoms with Crippen LogP contribution < -0.4 is 0 Å². The van der Waals surface area contributed by atoms with Crippen molar-refractivity contribution >= 4 is 15.8 Å². The Morgan fingerprint density at radius 3 is 2.06 bits per heavy atom. The van der Waals surface area contributed by atoms with Gasteiger partial charge in [-0.15, -0.1) is 0 Å². The van der Waals surface area contributed by atoms with E-state index in [9.17, 15) is 13.2 Å². The van der Waals surface area contributed by atoms with Crippen LogP contribution in [-0.4, -0.2) is 39.0 Å². The van der Waals surface area contributed by atoms with Crippen molar-refractivity contribution in [3.8, 4) is 0 Å². The molecule has 0 heterocycles. The van der Waals surface area contributed by atoms with Crippen LogP contribution in [0.15, 0.2) is 58.5 Å². The zero-order chi connectivity index (χ0) is 23.0. The molecule has 174 valence electrons. The van der Waals surface area contributed by atoms with Crippen LogP contribution in [0, 0.1) is 0 Å².